The number of nitrogens with one attached hydrogen (secondary N) is 2. The fourth-order valence-corrected chi connectivity index (χ4v) is 2.75. The van der Waals surface area contributed by atoms with E-state index in [0.717, 1.165) is 37.3 Å². The van der Waals surface area contributed by atoms with Crippen molar-refractivity contribution in [1.82, 2.24) is 25.5 Å². The van der Waals surface area contributed by atoms with Crippen molar-refractivity contribution < 1.29 is 4.79 Å². The predicted octanol–water partition coefficient (Wildman–Crippen LogP) is 1.72. The Labute approximate surface area is 141 Å². The smallest absolute Gasteiger partial charge is 0.224 e. The lowest BCUT2D eigenvalue weighted by molar-refractivity contribution is -0.117. The molecule has 1 aromatic carbocycles. The van der Waals surface area contributed by atoms with E-state index in [0.29, 0.717) is 18.2 Å². The maximum absolute atomic E-state index is 12.2. The van der Waals surface area contributed by atoms with Crippen LogP contribution >= 0.6 is 12.4 Å². The topological polar surface area (TPSA) is 84.7 Å². The molecule has 0 spiro atoms. The number of tetrazole rings is 1. The van der Waals surface area contributed by atoms with Crippen molar-refractivity contribution in [3.05, 3.63) is 30.1 Å². The van der Waals surface area contributed by atoms with Gasteiger partial charge in [0.15, 0.2) is 5.82 Å². The van der Waals surface area contributed by atoms with Crippen LogP contribution in [0.4, 0.5) is 5.69 Å². The quantitative estimate of drug-likeness (QED) is 0.888. The Morgan fingerprint density at radius 2 is 2.17 bits per heavy atom. The van der Waals surface area contributed by atoms with E-state index >= 15 is 0 Å². The van der Waals surface area contributed by atoms with Crippen molar-refractivity contribution in [1.29, 1.82) is 0 Å². The molecular weight excluding hydrogens is 316 g/mol. The summed E-state index contributed by atoms with van der Waals surface area (Å²) in [5.41, 5.74) is 1.61. The lowest BCUT2D eigenvalue weighted by Gasteiger charge is -2.21. The molecule has 3 rings (SSSR count). The van der Waals surface area contributed by atoms with E-state index in [1.54, 1.807) is 4.68 Å². The molecule has 2 N–H and O–H groups in total. The number of amides is 1. The van der Waals surface area contributed by atoms with Gasteiger partial charge in [0.2, 0.25) is 5.91 Å². The third-order valence-corrected chi connectivity index (χ3v) is 3.93. The molecule has 0 saturated carbocycles. The van der Waals surface area contributed by atoms with E-state index in [1.165, 1.54) is 0 Å². The van der Waals surface area contributed by atoms with Crippen LogP contribution in [0.25, 0.3) is 5.69 Å². The molecule has 0 bridgehead atoms. The summed E-state index contributed by atoms with van der Waals surface area (Å²) in [4.78, 5) is 12.2. The van der Waals surface area contributed by atoms with Crippen LogP contribution in [0.2, 0.25) is 0 Å². The number of hydrogen-bond donors (Lipinski definition) is 2. The number of anilines is 1. The van der Waals surface area contributed by atoms with Gasteiger partial charge < -0.3 is 10.6 Å². The van der Waals surface area contributed by atoms with Gasteiger partial charge in [-0.2, -0.15) is 4.68 Å². The lowest BCUT2D eigenvalue weighted by atomic mass is 9.94. The fourth-order valence-electron chi connectivity index (χ4n) is 2.75. The van der Waals surface area contributed by atoms with Crippen LogP contribution in [0.5, 0.6) is 0 Å². The van der Waals surface area contributed by atoms with E-state index in [1.807, 2.05) is 31.2 Å². The molecule has 0 unspecified atom stereocenters. The number of hydrogen-bond acceptors (Lipinski definition) is 5. The first-order chi connectivity index (χ1) is 10.7. The van der Waals surface area contributed by atoms with Crippen LogP contribution in [0, 0.1) is 12.8 Å². The Hall–Kier alpha value is -1.99. The zero-order valence-corrected chi connectivity index (χ0v) is 13.8. The monoisotopic (exact) mass is 336 g/mol. The van der Waals surface area contributed by atoms with Gasteiger partial charge in [0, 0.05) is 12.1 Å². The highest BCUT2D eigenvalue weighted by Gasteiger charge is 2.17. The third-order valence-electron chi connectivity index (χ3n) is 3.93. The van der Waals surface area contributed by atoms with Gasteiger partial charge in [-0.05, 0) is 67.4 Å². The number of rotatable bonds is 4. The molecule has 124 valence electrons. The second-order valence-corrected chi connectivity index (χ2v) is 5.63. The van der Waals surface area contributed by atoms with E-state index in [-0.39, 0.29) is 18.3 Å². The first-order valence-electron chi connectivity index (χ1n) is 7.58. The van der Waals surface area contributed by atoms with Crippen molar-refractivity contribution in [2.24, 2.45) is 5.92 Å². The molecule has 0 radical (unpaired) electrons. The first-order valence-corrected chi connectivity index (χ1v) is 7.58. The van der Waals surface area contributed by atoms with Crippen LogP contribution < -0.4 is 10.6 Å². The SMILES string of the molecule is Cc1nnnn1-c1cccc(NC(=O)CC2CCNCC2)c1.Cl. The largest absolute Gasteiger partial charge is 0.326 e. The minimum absolute atomic E-state index is 0. The second kappa shape index (κ2) is 8.03. The molecule has 1 aliphatic rings. The van der Waals surface area contributed by atoms with Crippen molar-refractivity contribution in [2.45, 2.75) is 26.2 Å². The number of halogens is 1. The van der Waals surface area contributed by atoms with Crippen molar-refractivity contribution in [3.8, 4) is 5.69 Å². The number of carbonyl (C=O) groups excluding carboxylic acids is 1. The molecule has 1 amide bonds. The summed E-state index contributed by atoms with van der Waals surface area (Å²) < 4.78 is 1.64. The zero-order chi connectivity index (χ0) is 15.4. The highest BCUT2D eigenvalue weighted by atomic mass is 35.5. The average molecular weight is 337 g/mol. The fraction of sp³-hybridized carbons (Fsp3) is 0.467. The average Bonchev–Trinajstić information content (AvgIpc) is 2.94. The summed E-state index contributed by atoms with van der Waals surface area (Å²) >= 11 is 0. The normalized spacial score (nSPS) is 15.0. The van der Waals surface area contributed by atoms with Gasteiger partial charge in [-0.3, -0.25) is 4.79 Å². The molecule has 0 atom stereocenters. The van der Waals surface area contributed by atoms with Crippen LogP contribution in [0.1, 0.15) is 25.1 Å². The maximum Gasteiger partial charge on any atom is 0.224 e. The van der Waals surface area contributed by atoms with E-state index < -0.39 is 0 Å². The number of piperidine rings is 1. The van der Waals surface area contributed by atoms with Gasteiger partial charge in [-0.1, -0.05) is 6.07 Å². The summed E-state index contributed by atoms with van der Waals surface area (Å²) in [6, 6.07) is 7.55. The first kappa shape index (κ1) is 17.4. The van der Waals surface area contributed by atoms with Gasteiger partial charge in [0.05, 0.1) is 5.69 Å². The summed E-state index contributed by atoms with van der Waals surface area (Å²) in [7, 11) is 0. The lowest BCUT2D eigenvalue weighted by Crippen LogP contribution is -2.30. The van der Waals surface area contributed by atoms with E-state index in [9.17, 15) is 4.79 Å². The van der Waals surface area contributed by atoms with E-state index in [4.69, 9.17) is 0 Å². The molecule has 2 heterocycles. The van der Waals surface area contributed by atoms with Crippen molar-refractivity contribution >= 4 is 24.0 Å². The highest BCUT2D eigenvalue weighted by Crippen LogP contribution is 2.18. The number of aryl methyl sites for hydroxylation is 1. The molecule has 2 aromatic rings. The molecular formula is C15H21ClN6O. The third kappa shape index (κ3) is 4.49. The summed E-state index contributed by atoms with van der Waals surface area (Å²) in [6.45, 7) is 3.85. The van der Waals surface area contributed by atoms with Crippen molar-refractivity contribution in [2.75, 3.05) is 18.4 Å². The molecule has 1 aromatic heterocycles. The van der Waals surface area contributed by atoms with Gasteiger partial charge in [-0.25, -0.2) is 0 Å². The Bertz CT molecular complexity index is 653. The van der Waals surface area contributed by atoms with Crippen molar-refractivity contribution in [3.63, 3.8) is 0 Å². The van der Waals surface area contributed by atoms with E-state index in [2.05, 4.69) is 26.2 Å². The second-order valence-electron chi connectivity index (χ2n) is 5.63. The number of benzene rings is 1. The Kier molecular flexibility index (Phi) is 6.06. The summed E-state index contributed by atoms with van der Waals surface area (Å²) in [6.07, 6.45) is 2.71. The summed E-state index contributed by atoms with van der Waals surface area (Å²) in [5.74, 6) is 1.25. The molecule has 23 heavy (non-hydrogen) atoms. The van der Waals surface area contributed by atoms with Gasteiger partial charge in [0.1, 0.15) is 0 Å². The molecule has 1 aliphatic heterocycles. The van der Waals surface area contributed by atoms with Crippen LogP contribution in [-0.2, 0) is 4.79 Å². The van der Waals surface area contributed by atoms with Gasteiger partial charge >= 0.3 is 0 Å². The highest BCUT2D eigenvalue weighted by molar-refractivity contribution is 5.91. The van der Waals surface area contributed by atoms with Crippen LogP contribution in [0.15, 0.2) is 24.3 Å². The number of aromatic nitrogens is 4. The molecule has 1 fully saturated rings. The standard InChI is InChI=1S/C15H20N6O.ClH/c1-11-18-19-20-21(11)14-4-2-3-13(10-14)17-15(22)9-12-5-7-16-8-6-12;/h2-4,10,12,16H,5-9H2,1H3,(H,17,22);1H. The molecule has 8 heteroatoms. The predicted molar refractivity (Wildman–Crippen MR) is 90.0 cm³/mol. The molecule has 0 aliphatic carbocycles. The zero-order valence-electron chi connectivity index (χ0n) is 13.0. The Morgan fingerprint density at radius 3 is 2.87 bits per heavy atom. The summed E-state index contributed by atoms with van der Waals surface area (Å²) in [5, 5.41) is 17.7. The Balaban J connectivity index is 0.00000192. The van der Waals surface area contributed by atoms with Crippen LogP contribution in [0.3, 0.4) is 0 Å². The van der Waals surface area contributed by atoms with Crippen LogP contribution in [-0.4, -0.2) is 39.2 Å². The Morgan fingerprint density at radius 1 is 1.39 bits per heavy atom. The van der Waals surface area contributed by atoms with Gasteiger partial charge in [-0.15, -0.1) is 17.5 Å². The minimum atomic E-state index is 0. The number of nitrogens with zero attached hydrogens (tertiary/aromatic N) is 4. The minimum Gasteiger partial charge on any atom is -0.326 e. The van der Waals surface area contributed by atoms with Gasteiger partial charge in [0.25, 0.3) is 0 Å². The number of carbonyl (C=O) groups is 1. The maximum atomic E-state index is 12.2. The molecule has 7 nitrogen and oxygen atoms in total. The molecule has 1 saturated heterocycles.